The van der Waals surface area contributed by atoms with Crippen LogP contribution in [0.1, 0.15) is 46.2 Å². The van der Waals surface area contributed by atoms with Gasteiger partial charge in [0.05, 0.1) is 17.5 Å². The van der Waals surface area contributed by atoms with Crippen LogP contribution in [-0.2, 0) is 5.41 Å². The first kappa shape index (κ1) is 15.3. The smallest absolute Gasteiger partial charge is 0.253 e. The molecule has 0 unspecified atom stereocenters. The van der Waals surface area contributed by atoms with Crippen molar-refractivity contribution >= 4 is 11.8 Å². The molecule has 2 amide bonds. The molecule has 23 heavy (non-hydrogen) atoms. The summed E-state index contributed by atoms with van der Waals surface area (Å²) in [4.78, 5) is 25.9. The van der Waals surface area contributed by atoms with Crippen molar-refractivity contribution in [2.24, 2.45) is 5.73 Å². The van der Waals surface area contributed by atoms with Gasteiger partial charge < -0.3 is 10.6 Å². The number of aromatic amines is 1. The second kappa shape index (κ2) is 5.87. The van der Waals surface area contributed by atoms with E-state index in [1.54, 1.807) is 0 Å². The summed E-state index contributed by atoms with van der Waals surface area (Å²) in [6, 6.07) is 9.29. The Kier molecular flexibility index (Phi) is 3.90. The van der Waals surface area contributed by atoms with Crippen molar-refractivity contribution in [2.75, 3.05) is 13.1 Å². The molecule has 0 radical (unpaired) electrons. The molecule has 0 spiro atoms. The first-order valence-corrected chi connectivity index (χ1v) is 7.69. The number of H-pyrrole nitrogens is 1. The lowest BCUT2D eigenvalue weighted by Gasteiger charge is -2.39. The van der Waals surface area contributed by atoms with Crippen molar-refractivity contribution < 1.29 is 9.59 Å². The number of primary amides is 1. The van der Waals surface area contributed by atoms with E-state index in [2.05, 4.69) is 17.1 Å². The Morgan fingerprint density at radius 1 is 1.22 bits per heavy atom. The zero-order valence-corrected chi connectivity index (χ0v) is 13.1. The molecule has 1 fully saturated rings. The van der Waals surface area contributed by atoms with Gasteiger partial charge in [0.25, 0.3) is 11.8 Å². The molecule has 6 nitrogen and oxygen atoms in total. The molecule has 2 heterocycles. The lowest BCUT2D eigenvalue weighted by atomic mass is 9.76. The number of rotatable bonds is 3. The van der Waals surface area contributed by atoms with E-state index in [-0.39, 0.29) is 11.3 Å². The quantitative estimate of drug-likeness (QED) is 0.903. The van der Waals surface area contributed by atoms with E-state index in [4.69, 9.17) is 5.73 Å². The lowest BCUT2D eigenvalue weighted by Crippen LogP contribution is -2.44. The third-order valence-corrected chi connectivity index (χ3v) is 4.68. The number of amides is 2. The van der Waals surface area contributed by atoms with Gasteiger partial charge in [-0.1, -0.05) is 25.1 Å². The summed E-state index contributed by atoms with van der Waals surface area (Å²) in [5.74, 6) is -0.426. The standard InChI is InChI=1S/C17H20N4O2/c1-17(14-13(15(18)22)11-19-20-14)7-9-21(10-8-17)16(23)12-5-3-2-4-6-12/h2-6,11H,7-10H2,1H3,(H2,18,22)(H,19,20). The minimum absolute atomic E-state index is 0.0485. The molecule has 1 saturated heterocycles. The fraction of sp³-hybridized carbons (Fsp3) is 0.353. The zero-order valence-electron chi connectivity index (χ0n) is 13.1. The van der Waals surface area contributed by atoms with Gasteiger partial charge in [0.15, 0.2) is 0 Å². The molecule has 3 rings (SSSR count). The van der Waals surface area contributed by atoms with E-state index in [0.717, 1.165) is 18.5 Å². The number of nitrogens with two attached hydrogens (primary N) is 1. The molecule has 0 aliphatic carbocycles. The minimum Gasteiger partial charge on any atom is -0.365 e. The maximum absolute atomic E-state index is 12.5. The van der Waals surface area contributed by atoms with Gasteiger partial charge in [0.2, 0.25) is 0 Å². The van der Waals surface area contributed by atoms with Crippen molar-refractivity contribution in [2.45, 2.75) is 25.2 Å². The number of hydrogen-bond acceptors (Lipinski definition) is 3. The van der Waals surface area contributed by atoms with E-state index in [1.165, 1.54) is 6.20 Å². The molecule has 2 aromatic rings. The molecule has 120 valence electrons. The van der Waals surface area contributed by atoms with E-state index in [1.807, 2.05) is 35.2 Å². The van der Waals surface area contributed by atoms with Crippen molar-refractivity contribution in [1.29, 1.82) is 0 Å². The van der Waals surface area contributed by atoms with Gasteiger partial charge in [-0.3, -0.25) is 14.7 Å². The summed E-state index contributed by atoms with van der Waals surface area (Å²) in [6.07, 6.45) is 2.99. The van der Waals surface area contributed by atoms with Crippen LogP contribution in [0.3, 0.4) is 0 Å². The molecule has 0 atom stereocenters. The highest BCUT2D eigenvalue weighted by Crippen LogP contribution is 2.35. The largest absolute Gasteiger partial charge is 0.365 e. The molecule has 0 saturated carbocycles. The van der Waals surface area contributed by atoms with Crippen LogP contribution in [-0.4, -0.2) is 40.0 Å². The predicted octanol–water partition coefficient (Wildman–Crippen LogP) is 1.70. The Hall–Kier alpha value is -2.63. The fourth-order valence-electron chi connectivity index (χ4n) is 3.15. The van der Waals surface area contributed by atoms with Crippen LogP contribution in [0.5, 0.6) is 0 Å². The van der Waals surface area contributed by atoms with E-state index < -0.39 is 5.91 Å². The zero-order chi connectivity index (χ0) is 16.4. The van der Waals surface area contributed by atoms with Crippen molar-refractivity contribution in [3.8, 4) is 0 Å². The normalized spacial score (nSPS) is 17.0. The summed E-state index contributed by atoms with van der Waals surface area (Å²) in [6.45, 7) is 3.36. The molecule has 6 heteroatoms. The van der Waals surface area contributed by atoms with Gasteiger partial charge in [0.1, 0.15) is 0 Å². The number of nitrogens with one attached hydrogen (secondary N) is 1. The summed E-state index contributed by atoms with van der Waals surface area (Å²) in [5.41, 5.74) is 7.10. The van der Waals surface area contributed by atoms with Crippen LogP contribution < -0.4 is 5.73 Å². The van der Waals surface area contributed by atoms with Crippen LogP contribution in [0.25, 0.3) is 0 Å². The average molecular weight is 312 g/mol. The molecule has 0 bridgehead atoms. The summed E-state index contributed by atoms with van der Waals surface area (Å²) in [5, 5.41) is 6.88. The summed E-state index contributed by atoms with van der Waals surface area (Å²) >= 11 is 0. The number of piperidine rings is 1. The predicted molar refractivity (Wildman–Crippen MR) is 86.0 cm³/mol. The number of likely N-dealkylation sites (tertiary alicyclic amines) is 1. The molecule has 1 aliphatic heterocycles. The average Bonchev–Trinajstić information content (AvgIpc) is 3.07. The van der Waals surface area contributed by atoms with Crippen LogP contribution >= 0.6 is 0 Å². The van der Waals surface area contributed by atoms with Gasteiger partial charge in [-0.2, -0.15) is 5.10 Å². The second-order valence-electron chi connectivity index (χ2n) is 6.24. The Bertz CT molecular complexity index is 715. The monoisotopic (exact) mass is 312 g/mol. The number of carbonyl (C=O) groups is 2. The number of benzene rings is 1. The number of nitrogens with zero attached hydrogens (tertiary/aromatic N) is 2. The number of aromatic nitrogens is 2. The first-order chi connectivity index (χ1) is 11.0. The molecule has 1 aliphatic rings. The summed E-state index contributed by atoms with van der Waals surface area (Å²) in [7, 11) is 0. The van der Waals surface area contributed by atoms with E-state index >= 15 is 0 Å². The first-order valence-electron chi connectivity index (χ1n) is 7.69. The highest BCUT2D eigenvalue weighted by molar-refractivity contribution is 5.95. The van der Waals surface area contributed by atoms with Crippen molar-refractivity contribution in [3.63, 3.8) is 0 Å². The van der Waals surface area contributed by atoms with Crippen molar-refractivity contribution in [3.05, 3.63) is 53.3 Å². The minimum atomic E-state index is -0.474. The SMILES string of the molecule is CC1(c2[nH]ncc2C(N)=O)CCN(C(=O)c2ccccc2)CC1. The fourth-order valence-corrected chi connectivity index (χ4v) is 3.15. The Balaban J connectivity index is 1.74. The van der Waals surface area contributed by atoms with Crippen LogP contribution in [0.2, 0.25) is 0 Å². The topological polar surface area (TPSA) is 92.1 Å². The number of carbonyl (C=O) groups excluding carboxylic acids is 2. The third kappa shape index (κ3) is 2.84. The third-order valence-electron chi connectivity index (χ3n) is 4.68. The van der Waals surface area contributed by atoms with Gasteiger partial charge >= 0.3 is 0 Å². The lowest BCUT2D eigenvalue weighted by molar-refractivity contribution is 0.0671. The van der Waals surface area contributed by atoms with Gasteiger partial charge in [-0.05, 0) is 25.0 Å². The Labute approximate surface area is 134 Å². The van der Waals surface area contributed by atoms with Gasteiger partial charge in [-0.25, -0.2) is 0 Å². The van der Waals surface area contributed by atoms with Gasteiger partial charge in [-0.15, -0.1) is 0 Å². The molecular formula is C17H20N4O2. The summed E-state index contributed by atoms with van der Waals surface area (Å²) < 4.78 is 0. The number of hydrogen-bond donors (Lipinski definition) is 2. The molecule has 1 aromatic heterocycles. The second-order valence-corrected chi connectivity index (χ2v) is 6.24. The molecule has 3 N–H and O–H groups in total. The highest BCUT2D eigenvalue weighted by atomic mass is 16.2. The molecular weight excluding hydrogens is 292 g/mol. The Morgan fingerprint density at radius 3 is 2.48 bits per heavy atom. The maximum atomic E-state index is 12.5. The van der Waals surface area contributed by atoms with Gasteiger partial charge in [0, 0.05) is 24.1 Å². The highest BCUT2D eigenvalue weighted by Gasteiger charge is 2.37. The maximum Gasteiger partial charge on any atom is 0.253 e. The van der Waals surface area contributed by atoms with Crippen molar-refractivity contribution in [1.82, 2.24) is 15.1 Å². The van der Waals surface area contributed by atoms with Crippen LogP contribution in [0.15, 0.2) is 36.5 Å². The van der Waals surface area contributed by atoms with E-state index in [0.29, 0.717) is 24.2 Å². The van der Waals surface area contributed by atoms with Crippen LogP contribution in [0.4, 0.5) is 0 Å². The van der Waals surface area contributed by atoms with Crippen LogP contribution in [0, 0.1) is 0 Å². The van der Waals surface area contributed by atoms with E-state index in [9.17, 15) is 9.59 Å². The Morgan fingerprint density at radius 2 is 1.87 bits per heavy atom. The molecule has 1 aromatic carbocycles.